The number of hydrazone groups is 1. The molecule has 3 N–H and O–H groups in total. The Morgan fingerprint density at radius 1 is 1.08 bits per heavy atom. The zero-order valence-electron chi connectivity index (χ0n) is 22.1. The summed E-state index contributed by atoms with van der Waals surface area (Å²) >= 11 is 1.33. The third-order valence-corrected chi connectivity index (χ3v) is 7.60. The number of fused-ring (bicyclic) bond motifs is 1. The molecular formula is C30H31N5O3S. The molecule has 0 saturated carbocycles. The van der Waals surface area contributed by atoms with E-state index in [1.54, 1.807) is 14.2 Å². The second-order valence-corrected chi connectivity index (χ2v) is 10.4. The van der Waals surface area contributed by atoms with E-state index in [9.17, 15) is 4.79 Å². The zero-order chi connectivity index (χ0) is 27.4. The second-order valence-electron chi connectivity index (χ2n) is 9.27. The Balaban J connectivity index is 1.41. The first-order valence-corrected chi connectivity index (χ1v) is 13.7. The molecule has 0 saturated heterocycles. The Labute approximate surface area is 232 Å². The molecule has 0 spiro atoms. The van der Waals surface area contributed by atoms with Gasteiger partial charge in [0.25, 0.3) is 0 Å². The summed E-state index contributed by atoms with van der Waals surface area (Å²) in [5.74, 6) is 1.36. The Kier molecular flexibility index (Phi) is 7.99. The average molecular weight is 542 g/mol. The fourth-order valence-electron chi connectivity index (χ4n) is 4.56. The number of hydrogen-bond donors (Lipinski definition) is 2. The lowest BCUT2D eigenvalue weighted by atomic mass is 9.98. The van der Waals surface area contributed by atoms with Crippen molar-refractivity contribution < 1.29 is 14.3 Å². The molecule has 0 fully saturated rings. The molecule has 2 unspecified atom stereocenters. The minimum atomic E-state index is -0.578. The topological polar surface area (TPSA) is 102 Å². The molecule has 5 rings (SSSR count). The first kappa shape index (κ1) is 26.5. The summed E-state index contributed by atoms with van der Waals surface area (Å²) in [6.07, 6.45) is 0.604. The normalized spacial score (nSPS) is 15.6. The van der Waals surface area contributed by atoms with Gasteiger partial charge in [-0.2, -0.15) is 5.10 Å². The third-order valence-electron chi connectivity index (χ3n) is 6.62. The van der Waals surface area contributed by atoms with Gasteiger partial charge in [0.15, 0.2) is 0 Å². The summed E-state index contributed by atoms with van der Waals surface area (Å²) in [5.41, 5.74) is 11.6. The van der Waals surface area contributed by atoms with Gasteiger partial charge in [0.1, 0.15) is 11.2 Å². The number of hydrogen-bond acceptors (Lipinski definition) is 8. The number of carbonyl (C=O) groups excluding carboxylic acids is 1. The largest absolute Gasteiger partial charge is 0.497 e. The van der Waals surface area contributed by atoms with Crippen LogP contribution in [-0.2, 0) is 4.79 Å². The van der Waals surface area contributed by atoms with Crippen LogP contribution in [-0.4, -0.2) is 47.1 Å². The van der Waals surface area contributed by atoms with Crippen LogP contribution in [0.25, 0.3) is 10.9 Å². The quantitative estimate of drug-likeness (QED) is 0.276. The molecule has 9 heteroatoms. The summed E-state index contributed by atoms with van der Waals surface area (Å²) in [6, 6.07) is 25.3. The van der Waals surface area contributed by atoms with E-state index in [0.717, 1.165) is 44.7 Å². The van der Waals surface area contributed by atoms with E-state index in [-0.39, 0.29) is 17.7 Å². The first-order valence-electron chi connectivity index (χ1n) is 12.6. The van der Waals surface area contributed by atoms with E-state index in [4.69, 9.17) is 25.3 Å². The minimum absolute atomic E-state index is 0.126. The molecule has 1 aromatic heterocycles. The average Bonchev–Trinajstić information content (AvgIpc) is 3.42. The van der Waals surface area contributed by atoms with Gasteiger partial charge in [-0.3, -0.25) is 9.80 Å². The van der Waals surface area contributed by atoms with Gasteiger partial charge in [0, 0.05) is 23.1 Å². The molecule has 1 aliphatic heterocycles. The number of amides is 1. The molecule has 0 aliphatic carbocycles. The fraction of sp³-hybridized carbons (Fsp3) is 0.233. The third kappa shape index (κ3) is 6.00. The lowest BCUT2D eigenvalue weighted by Gasteiger charge is -2.29. The molecule has 0 bridgehead atoms. The molecule has 1 aliphatic rings. The Bertz CT molecular complexity index is 1490. The van der Waals surface area contributed by atoms with Crippen LogP contribution in [0, 0.1) is 6.92 Å². The van der Waals surface area contributed by atoms with E-state index in [1.165, 1.54) is 11.8 Å². The van der Waals surface area contributed by atoms with Crippen molar-refractivity contribution in [2.24, 2.45) is 10.8 Å². The van der Waals surface area contributed by atoms with Crippen LogP contribution < -0.4 is 20.5 Å². The predicted molar refractivity (Wildman–Crippen MR) is 157 cm³/mol. The highest BCUT2D eigenvalue weighted by Crippen LogP contribution is 2.40. The number of carbonyl (C=O) groups is 1. The Morgan fingerprint density at radius 3 is 2.54 bits per heavy atom. The van der Waals surface area contributed by atoms with Crippen molar-refractivity contribution >= 4 is 40.0 Å². The summed E-state index contributed by atoms with van der Waals surface area (Å²) in [5, 5.41) is 10.7. The van der Waals surface area contributed by atoms with Gasteiger partial charge in [-0.1, -0.05) is 35.9 Å². The Hall–Kier alpha value is -4.08. The number of aryl methyl sites for hydroxylation is 1. The molecule has 3 aromatic carbocycles. The van der Waals surface area contributed by atoms with Crippen molar-refractivity contribution in [3.8, 4) is 11.6 Å². The summed E-state index contributed by atoms with van der Waals surface area (Å²) in [4.78, 5) is 17.4. The van der Waals surface area contributed by atoms with Crippen molar-refractivity contribution in [1.29, 1.82) is 0 Å². The fourth-order valence-corrected chi connectivity index (χ4v) is 5.30. The van der Waals surface area contributed by atoms with Crippen LogP contribution >= 0.6 is 11.8 Å². The molecule has 39 heavy (non-hydrogen) atoms. The lowest BCUT2D eigenvalue weighted by molar-refractivity contribution is -0.113. The smallest absolute Gasteiger partial charge is 0.234 e. The highest BCUT2D eigenvalue weighted by molar-refractivity contribution is 8.00. The highest BCUT2D eigenvalue weighted by Gasteiger charge is 2.35. The maximum atomic E-state index is 12.7. The highest BCUT2D eigenvalue weighted by atomic mass is 32.2. The number of methoxy groups -OCH3 is 2. The number of aromatic nitrogens is 1. The number of thioether (sulfide) groups is 1. The van der Waals surface area contributed by atoms with E-state index in [2.05, 4.69) is 11.4 Å². The van der Waals surface area contributed by atoms with Crippen molar-refractivity contribution in [1.82, 2.24) is 9.99 Å². The molecule has 2 heterocycles. The molecule has 200 valence electrons. The Morgan fingerprint density at radius 2 is 1.82 bits per heavy atom. The number of nitrogens with two attached hydrogens (primary N) is 1. The van der Waals surface area contributed by atoms with Crippen LogP contribution in [0.5, 0.6) is 11.6 Å². The van der Waals surface area contributed by atoms with Crippen molar-refractivity contribution in [2.45, 2.75) is 24.9 Å². The maximum absolute atomic E-state index is 12.7. The molecule has 2 atom stereocenters. The van der Waals surface area contributed by atoms with Crippen molar-refractivity contribution in [2.75, 3.05) is 25.3 Å². The van der Waals surface area contributed by atoms with Gasteiger partial charge in [0.2, 0.25) is 11.8 Å². The van der Waals surface area contributed by atoms with Gasteiger partial charge >= 0.3 is 0 Å². The summed E-state index contributed by atoms with van der Waals surface area (Å²) < 4.78 is 11.0. The summed E-state index contributed by atoms with van der Waals surface area (Å²) in [6.45, 7) is 2.01. The minimum Gasteiger partial charge on any atom is -0.497 e. The van der Waals surface area contributed by atoms with Gasteiger partial charge in [0.05, 0.1) is 37.2 Å². The van der Waals surface area contributed by atoms with Gasteiger partial charge < -0.3 is 20.5 Å². The SMILES string of the molecule is COc1ccc(C2=NN(C(N)SCC(=O)Nc3ccc(C)cc3)C(c3cc4ccccc4nc3OC)C2)cc1. The zero-order valence-corrected chi connectivity index (χ0v) is 22.9. The number of benzene rings is 3. The summed E-state index contributed by atoms with van der Waals surface area (Å²) in [7, 11) is 3.26. The molecule has 1 amide bonds. The first-order chi connectivity index (χ1) is 18.9. The van der Waals surface area contributed by atoms with Gasteiger partial charge in [-0.25, -0.2) is 4.98 Å². The number of pyridine rings is 1. The van der Waals surface area contributed by atoms with Crippen LogP contribution in [0.4, 0.5) is 5.69 Å². The number of para-hydroxylation sites is 1. The molecular weight excluding hydrogens is 510 g/mol. The van der Waals surface area contributed by atoms with Gasteiger partial charge in [-0.15, -0.1) is 11.8 Å². The van der Waals surface area contributed by atoms with Crippen LogP contribution in [0.1, 0.15) is 29.2 Å². The van der Waals surface area contributed by atoms with Crippen molar-refractivity contribution in [3.05, 3.63) is 95.6 Å². The number of ether oxygens (including phenoxy) is 2. The molecule has 8 nitrogen and oxygen atoms in total. The molecule has 0 radical (unpaired) electrons. The van der Waals surface area contributed by atoms with Crippen LogP contribution in [0.3, 0.4) is 0 Å². The number of rotatable bonds is 9. The monoisotopic (exact) mass is 541 g/mol. The van der Waals surface area contributed by atoms with Crippen molar-refractivity contribution in [3.63, 3.8) is 0 Å². The van der Waals surface area contributed by atoms with E-state index >= 15 is 0 Å². The number of nitrogens with one attached hydrogen (secondary N) is 1. The number of anilines is 1. The lowest BCUT2D eigenvalue weighted by Crippen LogP contribution is -2.37. The van der Waals surface area contributed by atoms with Crippen LogP contribution in [0.15, 0.2) is 84.0 Å². The van der Waals surface area contributed by atoms with E-state index < -0.39 is 5.50 Å². The van der Waals surface area contributed by atoms with E-state index in [0.29, 0.717) is 12.3 Å². The van der Waals surface area contributed by atoms with Gasteiger partial charge in [-0.05, 0) is 61.0 Å². The van der Waals surface area contributed by atoms with E-state index in [1.807, 2.05) is 84.7 Å². The van der Waals surface area contributed by atoms with Crippen LogP contribution in [0.2, 0.25) is 0 Å². The standard InChI is InChI=1S/C30H31N5O3S/c1-19-8-12-22(13-9-19)32-28(36)18-39-30(31)35-27(17-26(34-35)20-10-14-23(37-2)15-11-20)24-16-21-6-4-5-7-25(21)33-29(24)38-3/h4-16,27,30H,17-18,31H2,1-3H3,(H,32,36). The predicted octanol–water partition coefficient (Wildman–Crippen LogP) is 5.33. The second kappa shape index (κ2) is 11.8. The maximum Gasteiger partial charge on any atom is 0.234 e. The molecule has 4 aromatic rings. The number of nitrogens with zero attached hydrogens (tertiary/aromatic N) is 3.